The van der Waals surface area contributed by atoms with Crippen molar-refractivity contribution < 1.29 is 95.2 Å². The summed E-state index contributed by atoms with van der Waals surface area (Å²) in [5, 5.41) is 11.1. The molecule has 3 aromatic carbocycles. The largest absolute Gasteiger partial charge is 0.493 e. The van der Waals surface area contributed by atoms with Crippen molar-refractivity contribution in [3.63, 3.8) is 0 Å². The van der Waals surface area contributed by atoms with E-state index in [4.69, 9.17) is 66.8 Å². The van der Waals surface area contributed by atoms with E-state index in [9.17, 15) is 38.4 Å². The number of benzene rings is 3. The van der Waals surface area contributed by atoms with Gasteiger partial charge in [0.2, 0.25) is 23.6 Å². The van der Waals surface area contributed by atoms with Gasteiger partial charge in [0.1, 0.15) is 12.1 Å². The van der Waals surface area contributed by atoms with Gasteiger partial charge in [0.25, 0.3) is 17.7 Å². The Labute approximate surface area is 600 Å². The average Bonchev–Trinajstić information content (AvgIpc) is 1.66. The standard InChI is InChI=1S/C75H98N8O20/c1-49(2)72(81-69(86)18-23-94-25-27-96-29-31-98-33-35-100-37-38-101-36-34-99-32-30-97-28-26-95-24-19-76-68(85)17-20-82-70(87)15-16-71(82)88)74(90)79-50(3)73(89)80-57-12-9-51(10-13-57)54-39-53-11-14-63(84)59-42-64(92-4)66(44-61(59)77-46-55(53)40-54)102-21-6-22-103-67-45-62-60(43-65(67)93-5)75(91)83-48-56(52-7-8-52)41-58(83)47-78-62/h9-10,12-13,15-16,39,42-50,52-53,55,58,72H,6-8,11,14,17-38,40-41H2,1-5H3,(H,76,85)(H,79,90)(H,80,89)(H,81,86). The van der Waals surface area contributed by atoms with Gasteiger partial charge in [0.05, 0.1) is 156 Å². The molecule has 1 fully saturated rings. The molecule has 0 aromatic heterocycles. The van der Waals surface area contributed by atoms with Crippen LogP contribution in [0.4, 0.5) is 17.1 Å². The van der Waals surface area contributed by atoms with Crippen LogP contribution in [0.5, 0.6) is 23.0 Å². The fourth-order valence-corrected chi connectivity index (χ4v) is 12.0. The first-order valence-corrected chi connectivity index (χ1v) is 35.6. The van der Waals surface area contributed by atoms with Crippen LogP contribution in [-0.4, -0.2) is 234 Å². The summed E-state index contributed by atoms with van der Waals surface area (Å²) < 4.78 is 67.9. The Morgan fingerprint density at radius 2 is 1.11 bits per heavy atom. The third kappa shape index (κ3) is 24.2. The van der Waals surface area contributed by atoms with Gasteiger partial charge < -0.3 is 83.0 Å². The molecule has 1 saturated carbocycles. The van der Waals surface area contributed by atoms with Crippen molar-refractivity contribution in [2.24, 2.45) is 33.7 Å². The number of Topliss-reactive ketones (excluding diaryl/α,β-unsaturated/α-hetero) is 1. The summed E-state index contributed by atoms with van der Waals surface area (Å²) in [6.07, 6.45) is 15.7. The van der Waals surface area contributed by atoms with Gasteiger partial charge in [0, 0.05) is 98.9 Å². The molecule has 5 unspecified atom stereocenters. The second-order valence-electron chi connectivity index (χ2n) is 25.8. The summed E-state index contributed by atoms with van der Waals surface area (Å²) in [7, 11) is 3.08. The van der Waals surface area contributed by atoms with Crippen LogP contribution in [0.3, 0.4) is 0 Å². The zero-order valence-corrected chi connectivity index (χ0v) is 59.6. The number of ketones is 1. The Balaban J connectivity index is 0.577. The molecule has 4 N–H and O–H groups in total. The molecule has 3 aromatic rings. The molecule has 6 aliphatic rings. The smallest absolute Gasteiger partial charge is 0.260 e. The van der Waals surface area contributed by atoms with Gasteiger partial charge in [0.15, 0.2) is 28.8 Å². The lowest BCUT2D eigenvalue weighted by atomic mass is 9.91. The van der Waals surface area contributed by atoms with E-state index in [1.807, 2.05) is 56.7 Å². The number of hydrogen-bond donors (Lipinski definition) is 4. The van der Waals surface area contributed by atoms with Crippen molar-refractivity contribution in [1.82, 2.24) is 25.8 Å². The lowest BCUT2D eigenvalue weighted by Crippen LogP contribution is -2.53. The molecule has 5 atom stereocenters. The maximum atomic E-state index is 13.8. The van der Waals surface area contributed by atoms with Crippen molar-refractivity contribution in [2.75, 3.05) is 152 Å². The maximum absolute atomic E-state index is 13.8. The van der Waals surface area contributed by atoms with E-state index in [-0.39, 0.29) is 93.1 Å². The average molecular weight is 1430 g/mol. The second kappa shape index (κ2) is 40.9. The van der Waals surface area contributed by atoms with E-state index in [2.05, 4.69) is 27.3 Å². The fourth-order valence-electron chi connectivity index (χ4n) is 12.0. The number of rotatable bonds is 46. The molecule has 558 valence electrons. The minimum atomic E-state index is -0.918. The van der Waals surface area contributed by atoms with E-state index in [0.717, 1.165) is 22.5 Å². The van der Waals surface area contributed by atoms with E-state index in [1.54, 1.807) is 43.2 Å². The number of amides is 7. The lowest BCUT2D eigenvalue weighted by Gasteiger charge is -2.24. The van der Waals surface area contributed by atoms with Crippen molar-refractivity contribution in [3.05, 3.63) is 95.2 Å². The Bertz CT molecular complexity index is 3530. The molecule has 0 spiro atoms. The van der Waals surface area contributed by atoms with E-state index < -0.39 is 35.7 Å². The number of carbonyl (C=O) groups is 8. The first-order valence-electron chi connectivity index (χ1n) is 35.6. The lowest BCUT2D eigenvalue weighted by molar-refractivity contribution is -0.137. The van der Waals surface area contributed by atoms with Crippen LogP contribution in [-0.2, 0) is 66.7 Å². The number of imide groups is 1. The van der Waals surface area contributed by atoms with Gasteiger partial charge in [-0.25, -0.2) is 0 Å². The Kier molecular flexibility index (Phi) is 31.2. The highest BCUT2D eigenvalue weighted by Gasteiger charge is 2.39. The van der Waals surface area contributed by atoms with Gasteiger partial charge in [-0.05, 0) is 97.8 Å². The molecule has 103 heavy (non-hydrogen) atoms. The Morgan fingerprint density at radius 1 is 0.563 bits per heavy atom. The number of allylic oxidation sites excluding steroid dienone is 2. The highest BCUT2D eigenvalue weighted by Crippen LogP contribution is 2.45. The molecule has 4 heterocycles. The van der Waals surface area contributed by atoms with Gasteiger partial charge in [-0.2, -0.15) is 0 Å². The number of nitrogens with zero attached hydrogens (tertiary/aromatic N) is 4. The SMILES string of the molecule is COc1cc2c(cc1OCCCOc1cc3c(cc1OC)C(=O)N1C=C(C4CC4)CC1C=N3)N=CC1CC(c3ccc(NC(=O)C(C)NC(=O)C(NC(=O)CCOCCOCCOCCOCCOCCOCCOCCOCCNC(=O)CCN4C(=O)C=CC4=O)C(C)C)cc3)=CC1CCC2=O. The summed E-state index contributed by atoms with van der Waals surface area (Å²) in [6, 6.07) is 12.5. The molecule has 28 heteroatoms. The minimum absolute atomic E-state index is 0.0221. The number of nitrogens with one attached hydrogen (secondary N) is 4. The molecule has 7 amide bonds. The molecule has 28 nitrogen and oxygen atoms in total. The zero-order chi connectivity index (χ0) is 72.9. The zero-order valence-electron chi connectivity index (χ0n) is 59.6. The van der Waals surface area contributed by atoms with E-state index >= 15 is 0 Å². The molecule has 0 saturated heterocycles. The van der Waals surface area contributed by atoms with Crippen LogP contribution in [0.15, 0.2) is 88.5 Å². The van der Waals surface area contributed by atoms with Crippen LogP contribution in [0.2, 0.25) is 0 Å². The quantitative estimate of drug-likeness (QED) is 0.0337. The number of methoxy groups -OCH3 is 2. The van der Waals surface area contributed by atoms with E-state index in [1.165, 1.54) is 37.7 Å². The van der Waals surface area contributed by atoms with Crippen LogP contribution >= 0.6 is 0 Å². The number of hydrogen-bond acceptors (Lipinski definition) is 22. The van der Waals surface area contributed by atoms with Gasteiger partial charge >= 0.3 is 0 Å². The molecular weight excluding hydrogens is 1330 g/mol. The molecule has 9 rings (SSSR count). The van der Waals surface area contributed by atoms with Crippen LogP contribution in [0, 0.1) is 23.7 Å². The topological polar surface area (TPSA) is 327 Å². The van der Waals surface area contributed by atoms with Gasteiger partial charge in [-0.1, -0.05) is 32.1 Å². The number of fused-ring (bicyclic) bond motifs is 4. The molecular formula is C75H98N8O20. The fraction of sp³-hybridized carbons (Fsp3) is 0.547. The van der Waals surface area contributed by atoms with Crippen molar-refractivity contribution in [3.8, 4) is 23.0 Å². The third-order valence-electron chi connectivity index (χ3n) is 17.9. The monoisotopic (exact) mass is 1430 g/mol. The van der Waals surface area contributed by atoms with Crippen LogP contribution in [0.25, 0.3) is 5.57 Å². The number of anilines is 1. The summed E-state index contributed by atoms with van der Waals surface area (Å²) in [6.45, 7) is 11.8. The summed E-state index contributed by atoms with van der Waals surface area (Å²) in [5.74, 6) is -0.348. The van der Waals surface area contributed by atoms with Crippen LogP contribution in [0.1, 0.15) is 105 Å². The maximum Gasteiger partial charge on any atom is 0.260 e. The highest BCUT2D eigenvalue weighted by molar-refractivity contribution is 6.13. The normalized spacial score (nSPS) is 18.0. The first-order chi connectivity index (χ1) is 50.1. The Hall–Kier alpha value is -8.74. The third-order valence-corrected chi connectivity index (χ3v) is 17.9. The first kappa shape index (κ1) is 78.4. The number of carbonyl (C=O) groups excluding carboxylic acids is 8. The Morgan fingerprint density at radius 3 is 1.67 bits per heavy atom. The number of ether oxygens (including phenoxy) is 12. The molecule has 4 aliphatic heterocycles. The molecule has 2 aliphatic carbocycles. The van der Waals surface area contributed by atoms with Crippen molar-refractivity contribution >= 4 is 82.2 Å². The van der Waals surface area contributed by atoms with E-state index in [0.29, 0.717) is 182 Å². The van der Waals surface area contributed by atoms with Gasteiger partial charge in [-0.3, -0.25) is 53.2 Å². The number of aliphatic imine (C=N–C) groups is 2. The van der Waals surface area contributed by atoms with Crippen LogP contribution < -0.4 is 40.2 Å². The summed E-state index contributed by atoms with van der Waals surface area (Å²) in [4.78, 5) is 115. The predicted octanol–water partition coefficient (Wildman–Crippen LogP) is 6.71. The molecule has 0 bridgehead atoms. The second-order valence-corrected chi connectivity index (χ2v) is 25.8. The summed E-state index contributed by atoms with van der Waals surface area (Å²) in [5.41, 5.74) is 5.90. The minimum Gasteiger partial charge on any atom is -0.493 e. The van der Waals surface area contributed by atoms with Crippen molar-refractivity contribution in [2.45, 2.75) is 96.7 Å². The summed E-state index contributed by atoms with van der Waals surface area (Å²) >= 11 is 0. The van der Waals surface area contributed by atoms with Crippen molar-refractivity contribution in [1.29, 1.82) is 0 Å². The molecule has 0 radical (unpaired) electrons. The highest BCUT2D eigenvalue weighted by atomic mass is 16.6. The predicted molar refractivity (Wildman–Crippen MR) is 381 cm³/mol. The van der Waals surface area contributed by atoms with Gasteiger partial charge in [-0.15, -0.1) is 0 Å².